The Balaban J connectivity index is 1.48. The Morgan fingerprint density at radius 2 is 2.00 bits per heavy atom. The van der Waals surface area contributed by atoms with Gasteiger partial charge in [-0.05, 0) is 42.5 Å². The van der Waals surface area contributed by atoms with E-state index in [0.717, 1.165) is 25.9 Å². The van der Waals surface area contributed by atoms with Crippen LogP contribution in [-0.2, 0) is 0 Å². The van der Waals surface area contributed by atoms with Crippen LogP contribution in [0.3, 0.4) is 0 Å². The average Bonchev–Trinajstić information content (AvgIpc) is 3.05. The molecule has 0 atom stereocenters. The minimum atomic E-state index is 0.0386. The molecule has 0 aliphatic carbocycles. The number of para-hydroxylation sites is 1. The molecule has 0 saturated carbocycles. The Kier molecular flexibility index (Phi) is 3.98. The number of fused-ring (bicyclic) bond motifs is 1. The Labute approximate surface area is 145 Å². The summed E-state index contributed by atoms with van der Waals surface area (Å²) in [5, 5.41) is 1.65. The number of benzene rings is 1. The zero-order valence-corrected chi connectivity index (χ0v) is 14.0. The fourth-order valence-corrected chi connectivity index (χ4v) is 3.72. The van der Waals surface area contributed by atoms with Crippen LogP contribution < -0.4 is 0 Å². The number of carbonyl (C=O) groups excluding carboxylic acids is 1. The van der Waals surface area contributed by atoms with Gasteiger partial charge < -0.3 is 9.88 Å². The van der Waals surface area contributed by atoms with E-state index < -0.39 is 0 Å². The van der Waals surface area contributed by atoms with Gasteiger partial charge in [-0.25, -0.2) is 4.98 Å². The van der Waals surface area contributed by atoms with Crippen LogP contribution in [0.4, 0.5) is 0 Å². The molecule has 0 spiro atoms. The number of piperidine rings is 1. The van der Waals surface area contributed by atoms with Crippen molar-refractivity contribution in [2.45, 2.75) is 18.8 Å². The Morgan fingerprint density at radius 1 is 1.21 bits per heavy atom. The summed E-state index contributed by atoms with van der Waals surface area (Å²) >= 11 is 5.89. The molecule has 3 aromatic rings. The lowest BCUT2D eigenvalue weighted by Gasteiger charge is -2.32. The average molecular weight is 340 g/mol. The maximum absolute atomic E-state index is 12.6. The van der Waals surface area contributed by atoms with E-state index in [-0.39, 0.29) is 5.91 Å². The molecule has 4 rings (SSSR count). The van der Waals surface area contributed by atoms with E-state index in [9.17, 15) is 4.79 Å². The highest BCUT2D eigenvalue weighted by Crippen LogP contribution is 2.33. The SMILES string of the molecule is O=C(c1ccnc(Cl)c1)N1CCC(c2c[nH]c3ccccc23)CC1. The molecule has 1 aliphatic heterocycles. The smallest absolute Gasteiger partial charge is 0.254 e. The number of nitrogens with zero attached hydrogens (tertiary/aromatic N) is 2. The number of halogens is 1. The second kappa shape index (κ2) is 6.29. The lowest BCUT2D eigenvalue weighted by Crippen LogP contribution is -2.37. The van der Waals surface area contributed by atoms with Crippen molar-refractivity contribution in [2.24, 2.45) is 0 Å². The quantitative estimate of drug-likeness (QED) is 0.710. The van der Waals surface area contributed by atoms with Gasteiger partial charge in [0.2, 0.25) is 0 Å². The number of aromatic nitrogens is 2. The molecule has 0 bridgehead atoms. The molecular weight excluding hydrogens is 322 g/mol. The van der Waals surface area contributed by atoms with Crippen molar-refractivity contribution in [2.75, 3.05) is 13.1 Å². The highest BCUT2D eigenvalue weighted by Gasteiger charge is 2.26. The predicted molar refractivity (Wildman–Crippen MR) is 95.4 cm³/mol. The monoisotopic (exact) mass is 339 g/mol. The first kappa shape index (κ1) is 15.2. The molecular formula is C19H18ClN3O. The number of amides is 1. The second-order valence-corrected chi connectivity index (χ2v) is 6.61. The van der Waals surface area contributed by atoms with Crippen LogP contribution in [0.15, 0.2) is 48.8 Å². The van der Waals surface area contributed by atoms with Crippen LogP contribution in [0.5, 0.6) is 0 Å². The van der Waals surface area contributed by atoms with E-state index in [1.165, 1.54) is 16.5 Å². The number of nitrogens with one attached hydrogen (secondary N) is 1. The lowest BCUT2D eigenvalue weighted by molar-refractivity contribution is 0.0713. The number of hydrogen-bond donors (Lipinski definition) is 1. The molecule has 122 valence electrons. The Bertz CT molecular complexity index is 881. The van der Waals surface area contributed by atoms with Gasteiger partial charge in [0.25, 0.3) is 5.91 Å². The number of likely N-dealkylation sites (tertiary alicyclic amines) is 1. The third-order valence-corrected chi connectivity index (χ3v) is 5.02. The molecule has 0 radical (unpaired) electrons. The van der Waals surface area contributed by atoms with Crippen LogP contribution in [0.1, 0.15) is 34.7 Å². The molecule has 3 heterocycles. The van der Waals surface area contributed by atoms with Gasteiger partial charge >= 0.3 is 0 Å². The van der Waals surface area contributed by atoms with Crippen LogP contribution in [0.2, 0.25) is 5.15 Å². The third kappa shape index (κ3) is 2.78. The summed E-state index contributed by atoms with van der Waals surface area (Å²) in [6.07, 6.45) is 5.66. The summed E-state index contributed by atoms with van der Waals surface area (Å²) in [4.78, 5) is 21.8. The number of hydrogen-bond acceptors (Lipinski definition) is 2. The lowest BCUT2D eigenvalue weighted by atomic mass is 9.89. The fourth-order valence-electron chi connectivity index (χ4n) is 3.54. The molecule has 1 amide bonds. The fraction of sp³-hybridized carbons (Fsp3) is 0.263. The van der Waals surface area contributed by atoms with Crippen LogP contribution >= 0.6 is 11.6 Å². The van der Waals surface area contributed by atoms with E-state index in [2.05, 4.69) is 34.4 Å². The van der Waals surface area contributed by atoms with Gasteiger partial charge in [-0.3, -0.25) is 4.79 Å². The molecule has 1 N–H and O–H groups in total. The molecule has 1 aromatic carbocycles. The van der Waals surface area contributed by atoms with Gasteiger partial charge in [0.05, 0.1) is 0 Å². The highest BCUT2D eigenvalue weighted by molar-refractivity contribution is 6.29. The van der Waals surface area contributed by atoms with E-state index in [4.69, 9.17) is 11.6 Å². The summed E-state index contributed by atoms with van der Waals surface area (Å²) in [6, 6.07) is 11.7. The van der Waals surface area contributed by atoms with E-state index in [0.29, 0.717) is 16.6 Å². The van der Waals surface area contributed by atoms with Gasteiger partial charge in [0.1, 0.15) is 5.15 Å². The summed E-state index contributed by atoms with van der Waals surface area (Å²) in [5.74, 6) is 0.530. The number of carbonyl (C=O) groups is 1. The topological polar surface area (TPSA) is 49.0 Å². The number of aromatic amines is 1. The van der Waals surface area contributed by atoms with Crippen molar-refractivity contribution < 1.29 is 4.79 Å². The molecule has 5 heteroatoms. The normalized spacial score (nSPS) is 15.8. The minimum Gasteiger partial charge on any atom is -0.361 e. The molecule has 4 nitrogen and oxygen atoms in total. The number of H-pyrrole nitrogens is 1. The molecule has 2 aromatic heterocycles. The van der Waals surface area contributed by atoms with Crippen molar-refractivity contribution in [3.8, 4) is 0 Å². The molecule has 1 fully saturated rings. The van der Waals surface area contributed by atoms with Crippen LogP contribution in [0, 0.1) is 0 Å². The second-order valence-electron chi connectivity index (χ2n) is 6.22. The van der Waals surface area contributed by atoms with Gasteiger partial charge in [0.15, 0.2) is 0 Å². The van der Waals surface area contributed by atoms with Gasteiger partial charge in [-0.1, -0.05) is 29.8 Å². The number of rotatable bonds is 2. The van der Waals surface area contributed by atoms with Crippen molar-refractivity contribution in [3.05, 3.63) is 65.1 Å². The first-order valence-electron chi connectivity index (χ1n) is 8.19. The Morgan fingerprint density at radius 3 is 2.79 bits per heavy atom. The predicted octanol–water partition coefficient (Wildman–Crippen LogP) is 4.24. The zero-order chi connectivity index (χ0) is 16.5. The van der Waals surface area contributed by atoms with Crippen molar-refractivity contribution >= 4 is 28.4 Å². The Hall–Kier alpha value is -2.33. The summed E-state index contributed by atoms with van der Waals surface area (Å²) in [7, 11) is 0. The molecule has 1 saturated heterocycles. The van der Waals surface area contributed by atoms with E-state index in [1.807, 2.05) is 11.0 Å². The summed E-state index contributed by atoms with van der Waals surface area (Å²) in [5.41, 5.74) is 3.16. The van der Waals surface area contributed by atoms with Gasteiger partial charge in [-0.2, -0.15) is 0 Å². The molecule has 0 unspecified atom stereocenters. The maximum atomic E-state index is 12.6. The maximum Gasteiger partial charge on any atom is 0.254 e. The first-order valence-corrected chi connectivity index (χ1v) is 8.57. The third-order valence-electron chi connectivity index (χ3n) is 4.82. The number of pyridine rings is 1. The first-order chi connectivity index (χ1) is 11.7. The van der Waals surface area contributed by atoms with E-state index >= 15 is 0 Å². The van der Waals surface area contributed by atoms with Gasteiger partial charge in [-0.15, -0.1) is 0 Å². The summed E-state index contributed by atoms with van der Waals surface area (Å²) in [6.45, 7) is 1.53. The van der Waals surface area contributed by atoms with Crippen LogP contribution in [-0.4, -0.2) is 33.9 Å². The standard InChI is InChI=1S/C19H18ClN3O/c20-18-11-14(5-8-21-18)19(24)23-9-6-13(7-10-23)16-12-22-17-4-2-1-3-15(16)17/h1-5,8,11-13,22H,6-7,9-10H2. The van der Waals surface area contributed by atoms with Crippen molar-refractivity contribution in [1.29, 1.82) is 0 Å². The largest absolute Gasteiger partial charge is 0.361 e. The zero-order valence-electron chi connectivity index (χ0n) is 13.2. The van der Waals surface area contributed by atoms with Crippen molar-refractivity contribution in [1.82, 2.24) is 14.9 Å². The molecule has 24 heavy (non-hydrogen) atoms. The van der Waals surface area contributed by atoms with E-state index in [1.54, 1.807) is 18.3 Å². The summed E-state index contributed by atoms with van der Waals surface area (Å²) < 4.78 is 0. The van der Waals surface area contributed by atoms with Gasteiger partial charge in [0, 0.05) is 41.9 Å². The van der Waals surface area contributed by atoms with Crippen LogP contribution in [0.25, 0.3) is 10.9 Å². The minimum absolute atomic E-state index is 0.0386. The molecule has 1 aliphatic rings. The van der Waals surface area contributed by atoms with Crippen molar-refractivity contribution in [3.63, 3.8) is 0 Å². The highest BCUT2D eigenvalue weighted by atomic mass is 35.5.